The number of hydrogen-bond donors (Lipinski definition) is 0. The van der Waals surface area contributed by atoms with E-state index in [4.69, 9.17) is 4.74 Å². The van der Waals surface area contributed by atoms with E-state index in [9.17, 15) is 9.59 Å². The van der Waals surface area contributed by atoms with Crippen molar-refractivity contribution < 1.29 is 14.3 Å². The van der Waals surface area contributed by atoms with Crippen LogP contribution in [0.3, 0.4) is 0 Å². The lowest BCUT2D eigenvalue weighted by molar-refractivity contribution is -0.138. The van der Waals surface area contributed by atoms with Crippen LogP contribution in [-0.2, 0) is 9.53 Å². The molecule has 0 saturated heterocycles. The fourth-order valence-electron chi connectivity index (χ4n) is 3.12. The number of aromatic nitrogens is 1. The smallest absolute Gasteiger partial charge is 0.341 e. The van der Waals surface area contributed by atoms with Gasteiger partial charge in [0.25, 0.3) is 5.91 Å². The summed E-state index contributed by atoms with van der Waals surface area (Å²) in [6, 6.07) is 16.7. The molecule has 5 nitrogen and oxygen atoms in total. The number of hydrogen-bond acceptors (Lipinski definition) is 4. The molecule has 1 heterocycles. The number of pyridine rings is 1. The van der Waals surface area contributed by atoms with Crippen LogP contribution < -0.4 is 0 Å². The van der Waals surface area contributed by atoms with E-state index in [1.165, 1.54) is 4.90 Å². The monoisotopic (exact) mass is 362 g/mol. The quantitative estimate of drug-likeness (QED) is 0.662. The Balaban J connectivity index is 2.02. The van der Waals surface area contributed by atoms with Crippen LogP contribution in [0.2, 0.25) is 0 Å². The van der Waals surface area contributed by atoms with Crippen LogP contribution in [0.1, 0.15) is 33.3 Å². The lowest BCUT2D eigenvalue weighted by atomic mass is 10.0. The Morgan fingerprint density at radius 2 is 1.59 bits per heavy atom. The van der Waals surface area contributed by atoms with Crippen molar-refractivity contribution in [2.75, 3.05) is 14.1 Å². The zero-order valence-corrected chi connectivity index (χ0v) is 15.9. The maximum atomic E-state index is 13.0. The van der Waals surface area contributed by atoms with Crippen molar-refractivity contribution in [3.8, 4) is 0 Å². The van der Waals surface area contributed by atoms with Gasteiger partial charge in [0, 0.05) is 25.0 Å². The van der Waals surface area contributed by atoms with Gasteiger partial charge >= 0.3 is 5.97 Å². The third kappa shape index (κ3) is 3.67. The molecule has 1 amide bonds. The van der Waals surface area contributed by atoms with Gasteiger partial charge in [-0.2, -0.15) is 0 Å². The van der Waals surface area contributed by atoms with E-state index < -0.39 is 12.1 Å². The van der Waals surface area contributed by atoms with Crippen LogP contribution >= 0.6 is 0 Å². The molecule has 0 bridgehead atoms. The highest BCUT2D eigenvalue weighted by Gasteiger charge is 2.28. The van der Waals surface area contributed by atoms with Gasteiger partial charge in [0.2, 0.25) is 6.10 Å². The largest absolute Gasteiger partial charge is 0.444 e. The van der Waals surface area contributed by atoms with Crippen LogP contribution in [-0.4, -0.2) is 35.9 Å². The summed E-state index contributed by atoms with van der Waals surface area (Å²) in [5, 5.41) is 0.894. The second kappa shape index (κ2) is 7.58. The number of fused-ring (bicyclic) bond motifs is 1. The Morgan fingerprint density at radius 1 is 0.963 bits per heavy atom. The molecular formula is C22H22N2O3. The first-order valence-corrected chi connectivity index (χ1v) is 8.73. The fourth-order valence-corrected chi connectivity index (χ4v) is 3.12. The number of esters is 1. The lowest BCUT2D eigenvalue weighted by Gasteiger charge is -2.22. The summed E-state index contributed by atoms with van der Waals surface area (Å²) < 4.78 is 5.69. The first kappa shape index (κ1) is 18.6. The molecule has 0 N–H and O–H groups in total. The standard InChI is InChI=1S/C22H22N2O3/c1-14-17-12-8-9-13-18(17)23-15(2)19(14)22(26)27-20(21(25)24(3)4)16-10-6-5-7-11-16/h5-13,20H,1-4H3. The number of carbonyl (C=O) groups is 2. The molecule has 2 aromatic carbocycles. The predicted octanol–water partition coefficient (Wildman–Crippen LogP) is 3.84. The highest BCUT2D eigenvalue weighted by atomic mass is 16.5. The third-order valence-electron chi connectivity index (χ3n) is 4.53. The van der Waals surface area contributed by atoms with E-state index in [0.717, 1.165) is 16.5 Å². The van der Waals surface area contributed by atoms with Crippen LogP contribution in [0.4, 0.5) is 0 Å². The van der Waals surface area contributed by atoms with Gasteiger partial charge in [0.05, 0.1) is 16.8 Å². The maximum absolute atomic E-state index is 13.0. The lowest BCUT2D eigenvalue weighted by Crippen LogP contribution is -2.31. The average Bonchev–Trinajstić information content (AvgIpc) is 2.66. The molecule has 0 aliphatic rings. The van der Waals surface area contributed by atoms with Crippen LogP contribution in [0.15, 0.2) is 54.6 Å². The van der Waals surface area contributed by atoms with Crippen molar-refractivity contribution >= 4 is 22.8 Å². The number of nitrogens with zero attached hydrogens (tertiary/aromatic N) is 2. The molecule has 3 rings (SSSR count). The molecule has 1 unspecified atom stereocenters. The Labute approximate surface area is 158 Å². The van der Waals surface area contributed by atoms with Crippen molar-refractivity contribution in [3.63, 3.8) is 0 Å². The molecule has 3 aromatic rings. The van der Waals surface area contributed by atoms with Gasteiger partial charge in [-0.05, 0) is 25.5 Å². The minimum atomic E-state index is -1.00. The van der Waals surface area contributed by atoms with E-state index in [1.807, 2.05) is 49.4 Å². The van der Waals surface area contributed by atoms with Crippen LogP contribution in [0, 0.1) is 13.8 Å². The molecule has 0 saturated carbocycles. The Kier molecular flexibility index (Phi) is 5.21. The maximum Gasteiger partial charge on any atom is 0.341 e. The number of benzene rings is 2. The summed E-state index contributed by atoms with van der Waals surface area (Å²) >= 11 is 0. The second-order valence-electron chi connectivity index (χ2n) is 6.64. The average molecular weight is 362 g/mol. The number of aryl methyl sites for hydroxylation is 2. The van der Waals surface area contributed by atoms with Crippen LogP contribution in [0.25, 0.3) is 10.9 Å². The SMILES string of the molecule is Cc1nc2ccccc2c(C)c1C(=O)OC(C(=O)N(C)C)c1ccccc1. The summed E-state index contributed by atoms with van der Waals surface area (Å²) in [7, 11) is 3.28. The zero-order valence-electron chi connectivity index (χ0n) is 15.9. The minimum absolute atomic E-state index is 0.293. The van der Waals surface area contributed by atoms with Crippen LogP contribution in [0.5, 0.6) is 0 Å². The molecular weight excluding hydrogens is 340 g/mol. The van der Waals surface area contributed by atoms with Gasteiger partial charge in [-0.15, -0.1) is 0 Å². The summed E-state index contributed by atoms with van der Waals surface area (Å²) in [4.78, 5) is 31.6. The molecule has 0 fully saturated rings. The summed E-state index contributed by atoms with van der Waals surface area (Å²) in [6.07, 6.45) is -1.00. The third-order valence-corrected chi connectivity index (χ3v) is 4.53. The normalized spacial score (nSPS) is 11.9. The summed E-state index contributed by atoms with van der Waals surface area (Å²) in [5.41, 5.74) is 3.25. The van der Waals surface area contributed by atoms with Crippen molar-refractivity contribution in [2.24, 2.45) is 0 Å². The number of carbonyl (C=O) groups excluding carboxylic acids is 2. The van der Waals surface area contributed by atoms with Gasteiger partial charge < -0.3 is 9.64 Å². The molecule has 0 aliphatic carbocycles. The summed E-state index contributed by atoms with van der Waals surface area (Å²) in [6.45, 7) is 3.65. The van der Waals surface area contributed by atoms with Gasteiger partial charge in [-0.1, -0.05) is 48.5 Å². The van der Waals surface area contributed by atoms with Gasteiger partial charge in [-0.3, -0.25) is 9.78 Å². The van der Waals surface area contributed by atoms with E-state index in [1.54, 1.807) is 33.2 Å². The zero-order chi connectivity index (χ0) is 19.6. The minimum Gasteiger partial charge on any atom is -0.444 e. The highest BCUT2D eigenvalue weighted by molar-refractivity contribution is 5.99. The van der Waals surface area contributed by atoms with E-state index in [-0.39, 0.29) is 5.91 Å². The molecule has 0 spiro atoms. The molecule has 1 atom stereocenters. The van der Waals surface area contributed by atoms with Gasteiger partial charge in [0.1, 0.15) is 0 Å². The first-order valence-electron chi connectivity index (χ1n) is 8.73. The van der Waals surface area contributed by atoms with Gasteiger partial charge in [-0.25, -0.2) is 4.79 Å². The first-order chi connectivity index (χ1) is 12.9. The number of likely N-dealkylation sites (N-methyl/N-ethyl adjacent to an activating group) is 1. The number of ether oxygens (including phenoxy) is 1. The summed E-state index contributed by atoms with van der Waals surface area (Å²) in [5.74, 6) is -0.842. The van der Waals surface area contributed by atoms with Gasteiger partial charge in [0.15, 0.2) is 0 Å². The molecule has 0 aliphatic heterocycles. The Hall–Kier alpha value is -3.21. The van der Waals surface area contributed by atoms with Crippen molar-refractivity contribution in [2.45, 2.75) is 20.0 Å². The van der Waals surface area contributed by atoms with E-state index >= 15 is 0 Å². The van der Waals surface area contributed by atoms with Crippen molar-refractivity contribution in [3.05, 3.63) is 77.0 Å². The Bertz CT molecular complexity index is 997. The number of rotatable bonds is 4. The number of para-hydroxylation sites is 1. The molecule has 0 radical (unpaired) electrons. The molecule has 1 aromatic heterocycles. The topological polar surface area (TPSA) is 59.5 Å². The molecule has 138 valence electrons. The Morgan fingerprint density at radius 3 is 2.26 bits per heavy atom. The van der Waals surface area contributed by atoms with E-state index in [0.29, 0.717) is 16.8 Å². The molecule has 27 heavy (non-hydrogen) atoms. The highest BCUT2D eigenvalue weighted by Crippen LogP contribution is 2.26. The van der Waals surface area contributed by atoms with E-state index in [2.05, 4.69) is 4.98 Å². The predicted molar refractivity (Wildman–Crippen MR) is 105 cm³/mol. The fraction of sp³-hybridized carbons (Fsp3) is 0.227. The van der Waals surface area contributed by atoms with Crippen molar-refractivity contribution in [1.29, 1.82) is 0 Å². The van der Waals surface area contributed by atoms with Crippen molar-refractivity contribution in [1.82, 2.24) is 9.88 Å². The number of amides is 1. The molecule has 5 heteroatoms. The second-order valence-corrected chi connectivity index (χ2v) is 6.64.